The molecule has 8 heteroatoms. The minimum absolute atomic E-state index is 0.131. The van der Waals surface area contributed by atoms with E-state index in [1.807, 2.05) is 6.07 Å². The highest BCUT2D eigenvalue weighted by atomic mass is 16.5. The molecule has 0 unspecified atom stereocenters. The van der Waals surface area contributed by atoms with Gasteiger partial charge in [-0.1, -0.05) is 6.07 Å². The summed E-state index contributed by atoms with van der Waals surface area (Å²) in [5.41, 5.74) is 1.59. The average Bonchev–Trinajstić information content (AvgIpc) is 2.78. The maximum Gasteiger partial charge on any atom is 0.270 e. The van der Waals surface area contributed by atoms with E-state index in [1.54, 1.807) is 36.5 Å². The molecule has 2 aromatic heterocycles. The van der Waals surface area contributed by atoms with Crippen molar-refractivity contribution in [2.45, 2.75) is 6.54 Å². The monoisotopic (exact) mass is 392 g/mol. The number of benzene rings is 1. The molecular weight excluding hydrogens is 372 g/mol. The fraction of sp³-hybridized carbons (Fsp3) is 0.143. The largest absolute Gasteiger partial charge is 0.497 e. The molecule has 8 nitrogen and oxygen atoms in total. The molecular formula is C21H20N4O4. The van der Waals surface area contributed by atoms with Gasteiger partial charge in [-0.15, -0.1) is 0 Å². The summed E-state index contributed by atoms with van der Waals surface area (Å²) in [6, 6.07) is 13.5. The first-order valence-corrected chi connectivity index (χ1v) is 8.78. The molecule has 2 N–H and O–H groups in total. The Morgan fingerprint density at radius 1 is 0.931 bits per heavy atom. The molecule has 0 fully saturated rings. The van der Waals surface area contributed by atoms with Gasteiger partial charge in [0.1, 0.15) is 17.2 Å². The summed E-state index contributed by atoms with van der Waals surface area (Å²) < 4.78 is 10.4. The van der Waals surface area contributed by atoms with Gasteiger partial charge in [-0.25, -0.2) is 0 Å². The van der Waals surface area contributed by atoms with Crippen molar-refractivity contribution in [3.05, 3.63) is 77.9 Å². The number of rotatable bonds is 7. The van der Waals surface area contributed by atoms with Crippen LogP contribution in [0.25, 0.3) is 0 Å². The molecule has 0 saturated carbocycles. The lowest BCUT2D eigenvalue weighted by Gasteiger charge is -2.12. The van der Waals surface area contributed by atoms with Gasteiger partial charge in [0, 0.05) is 24.0 Å². The standard InChI is InChI=1S/C21H20N4O4/c1-28-16-6-7-19(29-2)17(12-16)25-20(26)14-8-10-23-18(11-14)21(27)24-13-15-5-3-4-9-22-15/h3-12H,13H2,1-2H3,(H,24,27)(H,25,26). The molecule has 0 radical (unpaired) electrons. The Balaban J connectivity index is 1.72. The second kappa shape index (κ2) is 9.32. The van der Waals surface area contributed by atoms with Crippen molar-refractivity contribution in [3.63, 3.8) is 0 Å². The maximum atomic E-state index is 12.7. The van der Waals surface area contributed by atoms with Crippen LogP contribution in [-0.2, 0) is 6.54 Å². The molecule has 0 atom stereocenters. The molecule has 1 aromatic carbocycles. The number of nitrogens with one attached hydrogen (secondary N) is 2. The van der Waals surface area contributed by atoms with Crippen LogP contribution in [0, 0.1) is 0 Å². The summed E-state index contributed by atoms with van der Waals surface area (Å²) >= 11 is 0. The molecule has 0 aliphatic heterocycles. The minimum Gasteiger partial charge on any atom is -0.497 e. The Morgan fingerprint density at radius 3 is 2.52 bits per heavy atom. The number of nitrogens with zero attached hydrogens (tertiary/aromatic N) is 2. The highest BCUT2D eigenvalue weighted by Gasteiger charge is 2.14. The van der Waals surface area contributed by atoms with Crippen molar-refractivity contribution >= 4 is 17.5 Å². The molecule has 0 aliphatic rings. The summed E-state index contributed by atoms with van der Waals surface area (Å²) in [4.78, 5) is 33.2. The van der Waals surface area contributed by atoms with Gasteiger partial charge in [-0.2, -0.15) is 0 Å². The van der Waals surface area contributed by atoms with E-state index < -0.39 is 11.8 Å². The summed E-state index contributed by atoms with van der Waals surface area (Å²) in [6.07, 6.45) is 3.06. The maximum absolute atomic E-state index is 12.7. The Morgan fingerprint density at radius 2 is 1.79 bits per heavy atom. The third-order valence-electron chi connectivity index (χ3n) is 4.07. The lowest BCUT2D eigenvalue weighted by atomic mass is 10.2. The predicted octanol–water partition coefficient (Wildman–Crippen LogP) is 2.68. The van der Waals surface area contributed by atoms with Crippen molar-refractivity contribution in [2.75, 3.05) is 19.5 Å². The number of anilines is 1. The van der Waals surface area contributed by atoms with Gasteiger partial charge < -0.3 is 20.1 Å². The molecule has 148 valence electrons. The Hall–Kier alpha value is -3.94. The average molecular weight is 392 g/mol. The minimum atomic E-state index is -0.405. The van der Waals surface area contributed by atoms with E-state index in [4.69, 9.17) is 9.47 Å². The fourth-order valence-electron chi connectivity index (χ4n) is 2.57. The third-order valence-corrected chi connectivity index (χ3v) is 4.07. The van der Waals surface area contributed by atoms with Gasteiger partial charge in [0.15, 0.2) is 0 Å². The summed E-state index contributed by atoms with van der Waals surface area (Å²) in [5.74, 6) is 0.258. The van der Waals surface area contributed by atoms with E-state index in [1.165, 1.54) is 32.5 Å². The van der Waals surface area contributed by atoms with Crippen molar-refractivity contribution < 1.29 is 19.1 Å². The third kappa shape index (κ3) is 5.07. The first-order chi connectivity index (χ1) is 14.1. The van der Waals surface area contributed by atoms with E-state index in [2.05, 4.69) is 20.6 Å². The molecule has 0 saturated heterocycles. The number of hydrogen-bond donors (Lipinski definition) is 2. The van der Waals surface area contributed by atoms with Crippen LogP contribution in [0.2, 0.25) is 0 Å². The topological polar surface area (TPSA) is 102 Å². The molecule has 3 aromatic rings. The summed E-state index contributed by atoms with van der Waals surface area (Å²) in [7, 11) is 3.04. The number of carbonyl (C=O) groups is 2. The molecule has 0 bridgehead atoms. The molecule has 2 heterocycles. The quantitative estimate of drug-likeness (QED) is 0.641. The van der Waals surface area contributed by atoms with Crippen LogP contribution in [0.5, 0.6) is 11.5 Å². The van der Waals surface area contributed by atoms with Crippen LogP contribution in [0.15, 0.2) is 60.9 Å². The van der Waals surface area contributed by atoms with Gasteiger partial charge in [0.25, 0.3) is 11.8 Å². The Labute approximate surface area is 167 Å². The summed E-state index contributed by atoms with van der Waals surface area (Å²) in [6.45, 7) is 0.263. The van der Waals surface area contributed by atoms with Crippen molar-refractivity contribution in [2.24, 2.45) is 0 Å². The number of ether oxygens (including phenoxy) is 2. The smallest absolute Gasteiger partial charge is 0.270 e. The van der Waals surface area contributed by atoms with E-state index in [0.29, 0.717) is 17.2 Å². The van der Waals surface area contributed by atoms with Gasteiger partial charge in [-0.05, 0) is 36.4 Å². The number of pyridine rings is 2. The second-order valence-corrected chi connectivity index (χ2v) is 5.95. The molecule has 3 rings (SSSR count). The Kier molecular flexibility index (Phi) is 6.36. The zero-order valence-electron chi connectivity index (χ0n) is 16.0. The normalized spacial score (nSPS) is 10.1. The number of hydrogen-bond acceptors (Lipinski definition) is 6. The van der Waals surface area contributed by atoms with Crippen LogP contribution in [0.3, 0.4) is 0 Å². The first-order valence-electron chi connectivity index (χ1n) is 8.78. The van der Waals surface area contributed by atoms with Gasteiger partial charge in [0.05, 0.1) is 32.1 Å². The van der Waals surface area contributed by atoms with Crippen LogP contribution in [0.4, 0.5) is 5.69 Å². The van der Waals surface area contributed by atoms with E-state index >= 15 is 0 Å². The Bertz CT molecular complexity index is 1010. The lowest BCUT2D eigenvalue weighted by Crippen LogP contribution is -2.25. The first kappa shape index (κ1) is 19.8. The highest BCUT2D eigenvalue weighted by Crippen LogP contribution is 2.29. The lowest BCUT2D eigenvalue weighted by molar-refractivity contribution is 0.0945. The van der Waals surface area contributed by atoms with E-state index in [0.717, 1.165) is 5.69 Å². The van der Waals surface area contributed by atoms with Gasteiger partial charge >= 0.3 is 0 Å². The highest BCUT2D eigenvalue weighted by molar-refractivity contribution is 6.06. The zero-order chi connectivity index (χ0) is 20.6. The summed E-state index contributed by atoms with van der Waals surface area (Å²) in [5, 5.41) is 5.50. The van der Waals surface area contributed by atoms with Crippen molar-refractivity contribution in [1.29, 1.82) is 0 Å². The van der Waals surface area contributed by atoms with E-state index in [9.17, 15) is 9.59 Å². The van der Waals surface area contributed by atoms with Crippen molar-refractivity contribution in [1.82, 2.24) is 15.3 Å². The van der Waals surface area contributed by atoms with Crippen LogP contribution in [0.1, 0.15) is 26.5 Å². The zero-order valence-corrected chi connectivity index (χ0v) is 16.0. The SMILES string of the molecule is COc1ccc(OC)c(NC(=O)c2ccnc(C(=O)NCc3ccccn3)c2)c1. The number of methoxy groups -OCH3 is 2. The van der Waals surface area contributed by atoms with Crippen molar-refractivity contribution in [3.8, 4) is 11.5 Å². The molecule has 2 amide bonds. The number of aromatic nitrogens is 2. The number of amides is 2. The van der Waals surface area contributed by atoms with Gasteiger partial charge in [0.2, 0.25) is 0 Å². The predicted molar refractivity (Wildman–Crippen MR) is 107 cm³/mol. The second-order valence-electron chi connectivity index (χ2n) is 5.95. The van der Waals surface area contributed by atoms with Crippen LogP contribution >= 0.6 is 0 Å². The number of carbonyl (C=O) groups excluding carboxylic acids is 2. The fourth-order valence-corrected chi connectivity index (χ4v) is 2.57. The molecule has 29 heavy (non-hydrogen) atoms. The van der Waals surface area contributed by atoms with Crippen LogP contribution < -0.4 is 20.1 Å². The molecule has 0 spiro atoms. The van der Waals surface area contributed by atoms with E-state index in [-0.39, 0.29) is 17.8 Å². The molecule has 0 aliphatic carbocycles. The van der Waals surface area contributed by atoms with Crippen LogP contribution in [-0.4, -0.2) is 36.0 Å². The van der Waals surface area contributed by atoms with Gasteiger partial charge in [-0.3, -0.25) is 19.6 Å².